The van der Waals surface area contributed by atoms with E-state index in [2.05, 4.69) is 5.32 Å². The highest BCUT2D eigenvalue weighted by molar-refractivity contribution is 7.92. The Morgan fingerprint density at radius 2 is 1.81 bits per heavy atom. The second-order valence-corrected chi connectivity index (χ2v) is 9.82. The lowest BCUT2D eigenvalue weighted by atomic mass is 10.1. The molecule has 3 aromatic rings. The van der Waals surface area contributed by atoms with Crippen LogP contribution in [0.5, 0.6) is 0 Å². The molecule has 0 radical (unpaired) electrons. The summed E-state index contributed by atoms with van der Waals surface area (Å²) in [6.45, 7) is 3.67. The predicted octanol–water partition coefficient (Wildman–Crippen LogP) is 5.18. The van der Waals surface area contributed by atoms with Crippen LogP contribution in [-0.2, 0) is 16.4 Å². The molecular weight excluding hydrogens is 439 g/mol. The third-order valence-corrected chi connectivity index (χ3v) is 7.49. The van der Waals surface area contributed by atoms with Gasteiger partial charge >= 0.3 is 0 Å². The van der Waals surface area contributed by atoms with Gasteiger partial charge in [-0.25, -0.2) is 12.8 Å². The van der Waals surface area contributed by atoms with Crippen LogP contribution in [0.3, 0.4) is 0 Å². The largest absolute Gasteiger partial charge is 0.322 e. The van der Waals surface area contributed by atoms with E-state index < -0.39 is 15.8 Å². The van der Waals surface area contributed by atoms with Gasteiger partial charge in [0, 0.05) is 22.3 Å². The topological polar surface area (TPSA) is 66.5 Å². The van der Waals surface area contributed by atoms with Crippen LogP contribution in [0.25, 0.3) is 0 Å². The molecule has 0 saturated heterocycles. The van der Waals surface area contributed by atoms with E-state index in [1.54, 1.807) is 37.3 Å². The van der Waals surface area contributed by atoms with Gasteiger partial charge < -0.3 is 5.32 Å². The molecule has 1 aliphatic rings. The number of halogens is 2. The zero-order valence-corrected chi connectivity index (χ0v) is 18.5. The van der Waals surface area contributed by atoms with Crippen LogP contribution in [0.1, 0.15) is 28.4 Å². The van der Waals surface area contributed by atoms with Gasteiger partial charge in [0.25, 0.3) is 15.9 Å². The molecule has 0 aromatic heterocycles. The Hall–Kier alpha value is -2.90. The summed E-state index contributed by atoms with van der Waals surface area (Å²) in [5.41, 5.74) is 3.20. The predicted molar refractivity (Wildman–Crippen MR) is 120 cm³/mol. The average Bonchev–Trinajstić information content (AvgIpc) is 3.06. The monoisotopic (exact) mass is 458 g/mol. The number of carbonyl (C=O) groups is 1. The van der Waals surface area contributed by atoms with Gasteiger partial charge in [-0.15, -0.1) is 0 Å². The minimum absolute atomic E-state index is 0.0202. The zero-order chi connectivity index (χ0) is 22.3. The normalized spacial score (nSPS) is 15.6. The summed E-state index contributed by atoms with van der Waals surface area (Å²) in [6, 6.07) is 14.6. The standard InChI is InChI=1S/C23H20ClFN2O3S/c1-14-3-5-18(24)13-21(14)26-23(28)16-4-10-22-17(12-16)11-15(2)27(22)31(29,30)20-8-6-19(25)7-9-20/h3-10,12-13,15H,11H2,1-2H3,(H,26,28)/t15-/m0/s1. The maximum atomic E-state index is 13.2. The van der Waals surface area contributed by atoms with Gasteiger partial charge in [-0.05, 0) is 86.0 Å². The number of anilines is 2. The van der Waals surface area contributed by atoms with Crippen LogP contribution in [0.4, 0.5) is 15.8 Å². The minimum Gasteiger partial charge on any atom is -0.322 e. The summed E-state index contributed by atoms with van der Waals surface area (Å²) in [5.74, 6) is -0.805. The smallest absolute Gasteiger partial charge is 0.264 e. The average molecular weight is 459 g/mol. The Morgan fingerprint density at radius 1 is 1.10 bits per heavy atom. The van der Waals surface area contributed by atoms with Crippen molar-refractivity contribution < 1.29 is 17.6 Å². The third-order valence-electron chi connectivity index (χ3n) is 5.31. The van der Waals surface area contributed by atoms with Crippen molar-refractivity contribution in [3.05, 3.63) is 88.2 Å². The first kappa shape index (κ1) is 21.3. The zero-order valence-electron chi connectivity index (χ0n) is 16.9. The van der Waals surface area contributed by atoms with E-state index in [1.807, 2.05) is 13.0 Å². The number of aryl methyl sites for hydroxylation is 1. The second-order valence-electron chi connectivity index (χ2n) is 7.56. The number of fused-ring (bicyclic) bond motifs is 1. The van der Waals surface area contributed by atoms with Crippen LogP contribution >= 0.6 is 11.6 Å². The fourth-order valence-corrected chi connectivity index (χ4v) is 5.62. The van der Waals surface area contributed by atoms with E-state index in [-0.39, 0.29) is 16.8 Å². The molecule has 0 unspecified atom stereocenters. The lowest BCUT2D eigenvalue weighted by Gasteiger charge is -2.24. The molecule has 0 aliphatic carbocycles. The van der Waals surface area contributed by atoms with Gasteiger partial charge in [0.1, 0.15) is 5.82 Å². The van der Waals surface area contributed by atoms with Crippen molar-refractivity contribution in [3.8, 4) is 0 Å². The van der Waals surface area contributed by atoms with Crippen LogP contribution in [0, 0.1) is 12.7 Å². The highest BCUT2D eigenvalue weighted by atomic mass is 35.5. The molecule has 1 N–H and O–H groups in total. The summed E-state index contributed by atoms with van der Waals surface area (Å²) in [6.07, 6.45) is 0.465. The number of sulfonamides is 1. The van der Waals surface area contributed by atoms with E-state index in [1.165, 1.54) is 16.4 Å². The molecule has 160 valence electrons. The number of nitrogens with one attached hydrogen (secondary N) is 1. The number of rotatable bonds is 4. The fourth-order valence-electron chi connectivity index (χ4n) is 3.75. The number of amides is 1. The molecule has 31 heavy (non-hydrogen) atoms. The van der Waals surface area contributed by atoms with Crippen LogP contribution in [0.15, 0.2) is 65.6 Å². The highest BCUT2D eigenvalue weighted by Gasteiger charge is 2.36. The number of hydrogen-bond donors (Lipinski definition) is 1. The molecule has 1 amide bonds. The Balaban J connectivity index is 1.64. The third kappa shape index (κ3) is 4.03. The lowest BCUT2D eigenvalue weighted by molar-refractivity contribution is 0.102. The Labute approximate surface area is 185 Å². The summed E-state index contributed by atoms with van der Waals surface area (Å²) in [7, 11) is -3.86. The van der Waals surface area contributed by atoms with Gasteiger partial charge in [-0.3, -0.25) is 9.10 Å². The van der Waals surface area contributed by atoms with Crippen molar-refractivity contribution in [2.75, 3.05) is 9.62 Å². The first-order valence-electron chi connectivity index (χ1n) is 9.67. The van der Waals surface area contributed by atoms with E-state index >= 15 is 0 Å². The maximum absolute atomic E-state index is 13.2. The maximum Gasteiger partial charge on any atom is 0.264 e. The Bertz CT molecular complexity index is 1280. The van der Waals surface area contributed by atoms with Crippen LogP contribution < -0.4 is 9.62 Å². The second kappa shape index (κ2) is 7.98. The molecular formula is C23H20ClFN2O3S. The van der Waals surface area contributed by atoms with Gasteiger partial charge in [0.2, 0.25) is 0 Å². The van der Waals surface area contributed by atoms with Crippen molar-refractivity contribution in [2.24, 2.45) is 0 Å². The first-order valence-corrected chi connectivity index (χ1v) is 11.5. The van der Waals surface area contributed by atoms with Crippen LogP contribution in [-0.4, -0.2) is 20.4 Å². The fraction of sp³-hybridized carbons (Fsp3) is 0.174. The number of benzene rings is 3. The Morgan fingerprint density at radius 3 is 2.52 bits per heavy atom. The van der Waals surface area contributed by atoms with Gasteiger partial charge in [-0.2, -0.15) is 0 Å². The van der Waals surface area contributed by atoms with Gasteiger partial charge in [0.15, 0.2) is 0 Å². The molecule has 1 atom stereocenters. The molecule has 1 aliphatic heterocycles. The van der Waals surface area contributed by atoms with Crippen LogP contribution in [0.2, 0.25) is 5.02 Å². The molecule has 3 aromatic carbocycles. The minimum atomic E-state index is -3.86. The van der Waals surface area contributed by atoms with Gasteiger partial charge in [0.05, 0.1) is 10.6 Å². The number of hydrogen-bond acceptors (Lipinski definition) is 3. The number of carbonyl (C=O) groups excluding carboxylic acids is 1. The summed E-state index contributed by atoms with van der Waals surface area (Å²) in [4.78, 5) is 12.8. The molecule has 0 bridgehead atoms. The summed E-state index contributed by atoms with van der Waals surface area (Å²) in [5, 5.41) is 3.37. The first-order chi connectivity index (χ1) is 14.7. The van der Waals surface area contributed by atoms with E-state index in [0.717, 1.165) is 23.3 Å². The Kier molecular flexibility index (Phi) is 5.49. The van der Waals surface area contributed by atoms with E-state index in [4.69, 9.17) is 11.6 Å². The van der Waals surface area contributed by atoms with Crippen molar-refractivity contribution in [1.29, 1.82) is 0 Å². The van der Waals surface area contributed by atoms with Crippen molar-refractivity contribution in [3.63, 3.8) is 0 Å². The SMILES string of the molecule is Cc1ccc(Cl)cc1NC(=O)c1ccc2c(c1)C[C@H](C)N2S(=O)(=O)c1ccc(F)cc1. The molecule has 4 rings (SSSR count). The van der Waals surface area contributed by atoms with Gasteiger partial charge in [-0.1, -0.05) is 17.7 Å². The lowest BCUT2D eigenvalue weighted by Crippen LogP contribution is -2.35. The molecule has 0 spiro atoms. The molecule has 0 saturated carbocycles. The summed E-state index contributed by atoms with van der Waals surface area (Å²) >= 11 is 6.02. The van der Waals surface area contributed by atoms with E-state index in [9.17, 15) is 17.6 Å². The van der Waals surface area contributed by atoms with E-state index in [0.29, 0.717) is 28.4 Å². The molecule has 0 fully saturated rings. The van der Waals surface area contributed by atoms with Crippen molar-refractivity contribution >= 4 is 38.9 Å². The molecule has 8 heteroatoms. The quantitative estimate of drug-likeness (QED) is 0.585. The highest BCUT2D eigenvalue weighted by Crippen LogP contribution is 2.37. The summed E-state index contributed by atoms with van der Waals surface area (Å²) < 4.78 is 40.9. The molecule has 1 heterocycles. The molecule has 5 nitrogen and oxygen atoms in total. The van der Waals surface area contributed by atoms with Crippen molar-refractivity contribution in [2.45, 2.75) is 31.2 Å². The van der Waals surface area contributed by atoms with Crippen molar-refractivity contribution in [1.82, 2.24) is 0 Å². The number of nitrogens with zero attached hydrogens (tertiary/aromatic N) is 1.